The molecule has 0 bridgehead atoms. The lowest BCUT2D eigenvalue weighted by Crippen LogP contribution is -2.49. The first-order chi connectivity index (χ1) is 6.99. The summed E-state index contributed by atoms with van der Waals surface area (Å²) < 4.78 is 4.82. The average molecular weight is 216 g/mol. The summed E-state index contributed by atoms with van der Waals surface area (Å²) in [4.78, 5) is 12.7. The molecule has 0 radical (unpaired) electrons. The van der Waals surface area contributed by atoms with Gasteiger partial charge in [0.1, 0.15) is 12.2 Å². The number of carbonyl (C=O) groups is 1. The van der Waals surface area contributed by atoms with Gasteiger partial charge in [0.05, 0.1) is 0 Å². The van der Waals surface area contributed by atoms with E-state index in [2.05, 4.69) is 18.7 Å². The third-order valence-corrected chi connectivity index (χ3v) is 2.50. The van der Waals surface area contributed by atoms with E-state index in [9.17, 15) is 9.90 Å². The van der Waals surface area contributed by atoms with Crippen LogP contribution in [0.5, 0.6) is 0 Å². The Morgan fingerprint density at radius 3 is 2.80 bits per heavy atom. The maximum Gasteiger partial charge on any atom is 0.404 e. The Bertz CT molecular complexity index is 221. The maximum atomic E-state index is 10.5. The number of β-amino-alcohol motifs (C(OH)–C–C–N with tert-alkyl or cyclic N) is 1. The lowest BCUT2D eigenvalue weighted by molar-refractivity contribution is -0.0459. The molecule has 0 aromatic heterocycles. The number of amides is 1. The number of rotatable bonds is 3. The van der Waals surface area contributed by atoms with E-state index >= 15 is 0 Å². The minimum atomic E-state index is -0.809. The van der Waals surface area contributed by atoms with Gasteiger partial charge in [-0.05, 0) is 12.3 Å². The number of ether oxygens (including phenoxy) is 1. The summed E-state index contributed by atoms with van der Waals surface area (Å²) in [6.45, 7) is 6.63. The van der Waals surface area contributed by atoms with Gasteiger partial charge in [-0.1, -0.05) is 13.8 Å². The number of aliphatic hydroxyl groups excluding tert-OH is 1. The second-order valence-electron chi connectivity index (χ2n) is 4.48. The molecule has 1 saturated heterocycles. The molecule has 1 aliphatic rings. The molecule has 1 rings (SSSR count). The molecule has 1 amide bonds. The lowest BCUT2D eigenvalue weighted by atomic mass is 10.0. The third-order valence-electron chi connectivity index (χ3n) is 2.50. The second kappa shape index (κ2) is 5.32. The molecule has 3 N–H and O–H groups in total. The normalized spacial score (nSPS) is 28.0. The van der Waals surface area contributed by atoms with E-state index in [1.165, 1.54) is 0 Å². The van der Waals surface area contributed by atoms with E-state index in [4.69, 9.17) is 10.5 Å². The van der Waals surface area contributed by atoms with Crippen molar-refractivity contribution in [1.82, 2.24) is 4.90 Å². The largest absolute Gasteiger partial charge is 0.444 e. The van der Waals surface area contributed by atoms with E-state index in [0.717, 1.165) is 13.1 Å². The summed E-state index contributed by atoms with van der Waals surface area (Å²) in [7, 11) is 0. The molecule has 1 heterocycles. The van der Waals surface area contributed by atoms with Crippen molar-refractivity contribution in [2.45, 2.75) is 32.5 Å². The van der Waals surface area contributed by atoms with Crippen LogP contribution < -0.4 is 5.73 Å². The highest BCUT2D eigenvalue weighted by Gasteiger charge is 2.30. The predicted molar refractivity (Wildman–Crippen MR) is 56.4 cm³/mol. The summed E-state index contributed by atoms with van der Waals surface area (Å²) >= 11 is 0. The Balaban J connectivity index is 2.37. The van der Waals surface area contributed by atoms with Crippen molar-refractivity contribution < 1.29 is 14.6 Å². The molecule has 0 unspecified atom stereocenters. The number of piperidine rings is 1. The molecule has 1 fully saturated rings. The summed E-state index contributed by atoms with van der Waals surface area (Å²) in [5.41, 5.74) is 4.92. The van der Waals surface area contributed by atoms with Gasteiger partial charge in [-0.25, -0.2) is 4.79 Å². The summed E-state index contributed by atoms with van der Waals surface area (Å²) in [6.07, 6.45) is -1.22. The fourth-order valence-electron chi connectivity index (χ4n) is 1.94. The SMILES string of the molecule is CC(C)CN1CC[C@@H](OC(N)=O)[C@H](O)C1. The number of carbonyl (C=O) groups excluding carboxylic acids is 1. The zero-order valence-electron chi connectivity index (χ0n) is 9.35. The van der Waals surface area contributed by atoms with Gasteiger partial charge >= 0.3 is 6.09 Å². The molecule has 15 heavy (non-hydrogen) atoms. The summed E-state index contributed by atoms with van der Waals surface area (Å²) in [5.74, 6) is 0.575. The minimum absolute atomic E-state index is 0.439. The smallest absolute Gasteiger partial charge is 0.404 e. The zero-order chi connectivity index (χ0) is 11.4. The van der Waals surface area contributed by atoms with Crippen LogP contribution in [0.2, 0.25) is 0 Å². The number of primary amides is 1. The van der Waals surface area contributed by atoms with Crippen molar-refractivity contribution in [1.29, 1.82) is 0 Å². The molecule has 0 aromatic rings. The van der Waals surface area contributed by atoms with Gasteiger partial charge in [0.15, 0.2) is 0 Å². The van der Waals surface area contributed by atoms with Crippen molar-refractivity contribution in [3.05, 3.63) is 0 Å². The van der Waals surface area contributed by atoms with E-state index < -0.39 is 18.3 Å². The standard InChI is InChI=1S/C10H20N2O3/c1-7(2)5-12-4-3-9(8(13)6-12)15-10(11)14/h7-9,13H,3-6H2,1-2H3,(H2,11,14)/t8-,9-/m1/s1. The van der Waals surface area contributed by atoms with Crippen LogP contribution in [-0.4, -0.2) is 47.9 Å². The van der Waals surface area contributed by atoms with Gasteiger partial charge < -0.3 is 20.5 Å². The molecule has 5 heteroatoms. The van der Waals surface area contributed by atoms with Crippen LogP contribution in [0.15, 0.2) is 0 Å². The van der Waals surface area contributed by atoms with Crippen molar-refractivity contribution in [3.8, 4) is 0 Å². The van der Waals surface area contributed by atoms with E-state index in [1.807, 2.05) is 0 Å². The quantitative estimate of drug-likeness (QED) is 0.705. The molecule has 0 aromatic carbocycles. The Labute approximate surface area is 90.2 Å². The molecule has 0 saturated carbocycles. The van der Waals surface area contributed by atoms with Crippen molar-refractivity contribution in [2.75, 3.05) is 19.6 Å². The fraction of sp³-hybridized carbons (Fsp3) is 0.900. The first kappa shape index (κ1) is 12.3. The molecule has 0 spiro atoms. The number of likely N-dealkylation sites (tertiary alicyclic amines) is 1. The lowest BCUT2D eigenvalue weighted by Gasteiger charge is -2.35. The monoisotopic (exact) mass is 216 g/mol. The summed E-state index contributed by atoms with van der Waals surface area (Å²) in [5, 5.41) is 9.73. The Morgan fingerprint density at radius 2 is 2.33 bits per heavy atom. The fourth-order valence-corrected chi connectivity index (χ4v) is 1.94. The van der Waals surface area contributed by atoms with Gasteiger partial charge in [0.2, 0.25) is 0 Å². The molecule has 1 aliphatic heterocycles. The molecule has 2 atom stereocenters. The number of hydrogen-bond acceptors (Lipinski definition) is 4. The van der Waals surface area contributed by atoms with Gasteiger partial charge in [0, 0.05) is 19.6 Å². The Hall–Kier alpha value is -0.810. The van der Waals surface area contributed by atoms with Crippen LogP contribution in [0.25, 0.3) is 0 Å². The maximum absolute atomic E-state index is 10.5. The van der Waals surface area contributed by atoms with Crippen molar-refractivity contribution >= 4 is 6.09 Å². The van der Waals surface area contributed by atoms with Gasteiger partial charge in [-0.2, -0.15) is 0 Å². The van der Waals surface area contributed by atoms with Gasteiger partial charge in [-0.15, -0.1) is 0 Å². The number of nitrogens with two attached hydrogens (primary N) is 1. The number of hydrogen-bond donors (Lipinski definition) is 2. The van der Waals surface area contributed by atoms with Gasteiger partial charge in [0.25, 0.3) is 0 Å². The highest BCUT2D eigenvalue weighted by Crippen LogP contribution is 2.15. The molecule has 88 valence electrons. The van der Waals surface area contributed by atoms with E-state index in [-0.39, 0.29) is 0 Å². The highest BCUT2D eigenvalue weighted by atomic mass is 16.6. The number of nitrogens with zero attached hydrogens (tertiary/aromatic N) is 1. The van der Waals surface area contributed by atoms with E-state index in [1.54, 1.807) is 0 Å². The first-order valence-corrected chi connectivity index (χ1v) is 5.35. The predicted octanol–water partition coefficient (Wildman–Crippen LogP) is 0.173. The zero-order valence-corrected chi connectivity index (χ0v) is 9.35. The van der Waals surface area contributed by atoms with Crippen molar-refractivity contribution in [3.63, 3.8) is 0 Å². The van der Waals surface area contributed by atoms with Gasteiger partial charge in [-0.3, -0.25) is 0 Å². The topological polar surface area (TPSA) is 75.8 Å². The molecule has 0 aliphatic carbocycles. The van der Waals surface area contributed by atoms with Crippen LogP contribution in [0.1, 0.15) is 20.3 Å². The summed E-state index contributed by atoms with van der Waals surface area (Å²) in [6, 6.07) is 0. The molecular formula is C10H20N2O3. The van der Waals surface area contributed by atoms with Crippen LogP contribution in [0.3, 0.4) is 0 Å². The second-order valence-corrected chi connectivity index (χ2v) is 4.48. The van der Waals surface area contributed by atoms with Crippen LogP contribution >= 0.6 is 0 Å². The van der Waals surface area contributed by atoms with Crippen LogP contribution in [-0.2, 0) is 4.74 Å². The first-order valence-electron chi connectivity index (χ1n) is 5.35. The highest BCUT2D eigenvalue weighted by molar-refractivity contribution is 5.64. The molecule has 5 nitrogen and oxygen atoms in total. The molecular weight excluding hydrogens is 196 g/mol. The number of aliphatic hydroxyl groups is 1. The minimum Gasteiger partial charge on any atom is -0.444 e. The van der Waals surface area contributed by atoms with Crippen LogP contribution in [0.4, 0.5) is 4.79 Å². The van der Waals surface area contributed by atoms with Crippen LogP contribution in [0, 0.1) is 5.92 Å². The van der Waals surface area contributed by atoms with E-state index in [0.29, 0.717) is 18.9 Å². The Kier molecular flexibility index (Phi) is 4.35. The van der Waals surface area contributed by atoms with Crippen molar-refractivity contribution in [2.24, 2.45) is 11.7 Å². The average Bonchev–Trinajstić information content (AvgIpc) is 2.08. The Morgan fingerprint density at radius 1 is 1.67 bits per heavy atom. The third kappa shape index (κ3) is 4.05.